The molecule has 0 saturated carbocycles. The number of hydrogen-bond acceptors (Lipinski definition) is 5. The maximum absolute atomic E-state index is 12.7. The van der Waals surface area contributed by atoms with Crippen molar-refractivity contribution in [1.82, 2.24) is 5.32 Å². The maximum atomic E-state index is 12.7. The van der Waals surface area contributed by atoms with Gasteiger partial charge in [0, 0.05) is 11.1 Å². The number of carbonyl (C=O) groups excluding carboxylic acids is 1. The lowest BCUT2D eigenvalue weighted by Gasteiger charge is -2.18. The van der Waals surface area contributed by atoms with Gasteiger partial charge in [0.05, 0.1) is 34.5 Å². The van der Waals surface area contributed by atoms with Gasteiger partial charge in [-0.2, -0.15) is 0 Å². The second kappa shape index (κ2) is 8.28. The molecule has 0 fully saturated rings. The Balaban J connectivity index is 2.28. The van der Waals surface area contributed by atoms with Crippen LogP contribution in [0.4, 0.5) is 0 Å². The van der Waals surface area contributed by atoms with Crippen LogP contribution >= 0.6 is 0 Å². The third-order valence-corrected chi connectivity index (χ3v) is 3.88. The quantitative estimate of drug-likeness (QED) is 0.835. The van der Waals surface area contributed by atoms with Gasteiger partial charge in [0.1, 0.15) is 5.75 Å². The molecule has 1 amide bonds. The van der Waals surface area contributed by atoms with Crippen LogP contribution in [0.2, 0.25) is 0 Å². The summed E-state index contributed by atoms with van der Waals surface area (Å²) in [7, 11) is 6.14. The van der Waals surface area contributed by atoms with Crippen molar-refractivity contribution in [3.8, 4) is 23.0 Å². The molecule has 1 atom stereocenters. The van der Waals surface area contributed by atoms with E-state index in [0.29, 0.717) is 22.8 Å². The zero-order valence-corrected chi connectivity index (χ0v) is 15.1. The van der Waals surface area contributed by atoms with E-state index in [4.69, 9.17) is 18.9 Å². The van der Waals surface area contributed by atoms with E-state index in [-0.39, 0.29) is 11.9 Å². The molecule has 0 heterocycles. The Morgan fingerprint density at radius 1 is 0.880 bits per heavy atom. The summed E-state index contributed by atoms with van der Waals surface area (Å²) in [5.74, 6) is 1.77. The van der Waals surface area contributed by atoms with Crippen molar-refractivity contribution in [3.63, 3.8) is 0 Å². The van der Waals surface area contributed by atoms with E-state index in [0.717, 1.165) is 11.3 Å². The van der Waals surface area contributed by atoms with Gasteiger partial charge in [0.25, 0.3) is 5.91 Å². The van der Waals surface area contributed by atoms with Crippen LogP contribution in [-0.4, -0.2) is 34.3 Å². The maximum Gasteiger partial charge on any atom is 0.252 e. The van der Waals surface area contributed by atoms with Gasteiger partial charge in [-0.3, -0.25) is 4.79 Å². The third-order valence-electron chi connectivity index (χ3n) is 3.88. The first-order valence-electron chi connectivity index (χ1n) is 7.79. The molecule has 0 bridgehead atoms. The Kier molecular flexibility index (Phi) is 6.11. The van der Waals surface area contributed by atoms with Crippen LogP contribution in [-0.2, 0) is 0 Å². The number of amides is 1. The Hall–Kier alpha value is -2.89. The molecule has 2 aromatic carbocycles. The van der Waals surface area contributed by atoms with E-state index < -0.39 is 0 Å². The van der Waals surface area contributed by atoms with Crippen molar-refractivity contribution >= 4 is 5.91 Å². The molecule has 0 aliphatic carbocycles. The average molecular weight is 345 g/mol. The van der Waals surface area contributed by atoms with E-state index in [1.54, 1.807) is 19.2 Å². The second-order valence-corrected chi connectivity index (χ2v) is 5.35. The summed E-state index contributed by atoms with van der Waals surface area (Å²) >= 11 is 0. The first kappa shape index (κ1) is 18.4. The van der Waals surface area contributed by atoms with Crippen LogP contribution < -0.4 is 24.3 Å². The van der Waals surface area contributed by atoms with Gasteiger partial charge < -0.3 is 24.3 Å². The number of carbonyl (C=O) groups is 1. The standard InChI is InChI=1S/C19H23NO5/c1-12(14-8-6-7-9-15(14)22-2)20-19(21)13-10-16(23-3)18(25-5)17(11-13)24-4/h6-12H,1-5H3,(H,20,21)/t12-/m1/s1. The smallest absolute Gasteiger partial charge is 0.252 e. The van der Waals surface area contributed by atoms with Crippen LogP contribution in [0.5, 0.6) is 23.0 Å². The highest BCUT2D eigenvalue weighted by atomic mass is 16.5. The topological polar surface area (TPSA) is 66.0 Å². The lowest BCUT2D eigenvalue weighted by Crippen LogP contribution is -2.27. The third kappa shape index (κ3) is 3.96. The number of methoxy groups -OCH3 is 4. The van der Waals surface area contributed by atoms with Gasteiger partial charge in [0.15, 0.2) is 11.5 Å². The fourth-order valence-corrected chi connectivity index (χ4v) is 2.59. The molecule has 2 rings (SSSR count). The van der Waals surface area contributed by atoms with Crippen molar-refractivity contribution in [2.24, 2.45) is 0 Å². The predicted octanol–water partition coefficient (Wildman–Crippen LogP) is 3.21. The molecular formula is C19H23NO5. The van der Waals surface area contributed by atoms with Crippen molar-refractivity contribution in [3.05, 3.63) is 47.5 Å². The first-order chi connectivity index (χ1) is 12.0. The van der Waals surface area contributed by atoms with Gasteiger partial charge in [-0.1, -0.05) is 18.2 Å². The SMILES string of the molecule is COc1ccccc1[C@@H](C)NC(=O)c1cc(OC)c(OC)c(OC)c1. The van der Waals surface area contributed by atoms with Gasteiger partial charge >= 0.3 is 0 Å². The molecule has 0 spiro atoms. The molecule has 134 valence electrons. The fourth-order valence-electron chi connectivity index (χ4n) is 2.59. The number of hydrogen-bond donors (Lipinski definition) is 1. The highest BCUT2D eigenvalue weighted by molar-refractivity contribution is 5.96. The van der Waals surface area contributed by atoms with Crippen LogP contribution in [0.3, 0.4) is 0 Å². The summed E-state index contributed by atoms with van der Waals surface area (Å²) < 4.78 is 21.2. The largest absolute Gasteiger partial charge is 0.496 e. The molecular weight excluding hydrogens is 322 g/mol. The zero-order valence-electron chi connectivity index (χ0n) is 15.1. The van der Waals surface area contributed by atoms with Crippen molar-refractivity contribution in [2.75, 3.05) is 28.4 Å². The zero-order chi connectivity index (χ0) is 18.4. The summed E-state index contributed by atoms with van der Waals surface area (Å²) in [5, 5.41) is 2.96. The fraction of sp³-hybridized carbons (Fsp3) is 0.316. The van der Waals surface area contributed by atoms with Gasteiger partial charge in [-0.25, -0.2) is 0 Å². The molecule has 2 aromatic rings. The van der Waals surface area contributed by atoms with E-state index in [1.807, 2.05) is 31.2 Å². The molecule has 1 N–H and O–H groups in total. The van der Waals surface area contributed by atoms with Crippen molar-refractivity contribution in [2.45, 2.75) is 13.0 Å². The van der Waals surface area contributed by atoms with Crippen LogP contribution in [0.1, 0.15) is 28.9 Å². The number of para-hydroxylation sites is 1. The summed E-state index contributed by atoms with van der Waals surface area (Å²) in [6, 6.07) is 10.6. The minimum absolute atomic E-state index is 0.234. The Morgan fingerprint density at radius 3 is 1.96 bits per heavy atom. The second-order valence-electron chi connectivity index (χ2n) is 5.35. The Morgan fingerprint density at radius 2 is 1.44 bits per heavy atom. The van der Waals surface area contributed by atoms with Gasteiger partial charge in [-0.05, 0) is 25.1 Å². The minimum Gasteiger partial charge on any atom is -0.496 e. The number of ether oxygens (including phenoxy) is 4. The summed E-state index contributed by atoms with van der Waals surface area (Å²) in [4.78, 5) is 12.7. The highest BCUT2D eigenvalue weighted by Crippen LogP contribution is 2.38. The molecule has 6 nitrogen and oxygen atoms in total. The summed E-state index contributed by atoms with van der Waals surface area (Å²) in [5.41, 5.74) is 1.31. The van der Waals surface area contributed by atoms with E-state index in [9.17, 15) is 4.79 Å². The van der Waals surface area contributed by atoms with Crippen LogP contribution in [0.15, 0.2) is 36.4 Å². The molecule has 0 unspecified atom stereocenters. The Bertz CT molecular complexity index is 719. The Labute approximate surface area is 147 Å². The molecule has 0 aliphatic rings. The molecule has 0 saturated heterocycles. The van der Waals surface area contributed by atoms with Crippen LogP contribution in [0, 0.1) is 0 Å². The first-order valence-corrected chi connectivity index (χ1v) is 7.79. The van der Waals surface area contributed by atoms with E-state index in [1.165, 1.54) is 21.3 Å². The van der Waals surface area contributed by atoms with E-state index in [2.05, 4.69) is 5.32 Å². The van der Waals surface area contributed by atoms with Gasteiger partial charge in [-0.15, -0.1) is 0 Å². The number of benzene rings is 2. The molecule has 0 aromatic heterocycles. The molecule has 0 aliphatic heterocycles. The lowest BCUT2D eigenvalue weighted by molar-refractivity contribution is 0.0938. The predicted molar refractivity (Wildman–Crippen MR) is 95.0 cm³/mol. The summed E-state index contributed by atoms with van der Waals surface area (Å²) in [6.45, 7) is 1.90. The van der Waals surface area contributed by atoms with E-state index >= 15 is 0 Å². The normalized spacial score (nSPS) is 11.4. The number of nitrogens with one attached hydrogen (secondary N) is 1. The highest BCUT2D eigenvalue weighted by Gasteiger charge is 2.19. The monoisotopic (exact) mass is 345 g/mol. The minimum atomic E-state index is -0.252. The van der Waals surface area contributed by atoms with Crippen molar-refractivity contribution in [1.29, 1.82) is 0 Å². The molecule has 0 radical (unpaired) electrons. The number of rotatable bonds is 7. The molecule has 25 heavy (non-hydrogen) atoms. The van der Waals surface area contributed by atoms with Gasteiger partial charge in [0.2, 0.25) is 5.75 Å². The lowest BCUT2D eigenvalue weighted by atomic mass is 10.1. The van der Waals surface area contributed by atoms with Crippen molar-refractivity contribution < 1.29 is 23.7 Å². The average Bonchev–Trinajstić information content (AvgIpc) is 2.66. The summed E-state index contributed by atoms with van der Waals surface area (Å²) in [6.07, 6.45) is 0. The van der Waals surface area contributed by atoms with Crippen LogP contribution in [0.25, 0.3) is 0 Å². The molecule has 6 heteroatoms.